The number of anilines is 1. The molecule has 4 heteroatoms. The summed E-state index contributed by atoms with van der Waals surface area (Å²) in [7, 11) is -1.48. The number of nitrogens with two attached hydrogens (primary N) is 1. The third-order valence-electron chi connectivity index (χ3n) is 1.97. The van der Waals surface area contributed by atoms with Gasteiger partial charge in [0.2, 0.25) is 0 Å². The van der Waals surface area contributed by atoms with Crippen LogP contribution >= 0.6 is 0 Å². The summed E-state index contributed by atoms with van der Waals surface area (Å²) in [5.74, 6) is 0. The summed E-state index contributed by atoms with van der Waals surface area (Å²) in [6, 6.07) is 5.32. The number of nitrogen functional groups attached to an aromatic ring is 1. The van der Waals surface area contributed by atoms with Crippen LogP contribution in [0.3, 0.4) is 0 Å². The fourth-order valence-corrected chi connectivity index (χ4v) is 1.30. The Kier molecular flexibility index (Phi) is 3.34. The van der Waals surface area contributed by atoms with Crippen molar-refractivity contribution in [2.75, 3.05) is 5.73 Å². The maximum absolute atomic E-state index is 8.90. The van der Waals surface area contributed by atoms with Gasteiger partial charge in [0.1, 0.15) is 0 Å². The molecule has 0 aliphatic heterocycles. The van der Waals surface area contributed by atoms with Gasteiger partial charge in [-0.1, -0.05) is 25.5 Å². The molecule has 0 aromatic heterocycles. The van der Waals surface area contributed by atoms with Gasteiger partial charge in [-0.3, -0.25) is 0 Å². The maximum atomic E-state index is 8.90. The Labute approximate surface area is 78.3 Å². The van der Waals surface area contributed by atoms with Crippen LogP contribution in [0.1, 0.15) is 18.9 Å². The van der Waals surface area contributed by atoms with Gasteiger partial charge in [0.15, 0.2) is 0 Å². The summed E-state index contributed by atoms with van der Waals surface area (Å²) in [5, 5.41) is 17.8. The third kappa shape index (κ3) is 2.47. The number of rotatable bonds is 3. The van der Waals surface area contributed by atoms with Gasteiger partial charge in [0, 0.05) is 11.2 Å². The monoisotopic (exact) mass is 179 g/mol. The Morgan fingerprint density at radius 1 is 1.38 bits per heavy atom. The van der Waals surface area contributed by atoms with E-state index in [1.54, 1.807) is 12.1 Å². The minimum Gasteiger partial charge on any atom is -0.423 e. The lowest BCUT2D eigenvalue weighted by atomic mass is 9.78. The van der Waals surface area contributed by atoms with Crippen molar-refractivity contribution in [3.05, 3.63) is 23.8 Å². The zero-order chi connectivity index (χ0) is 9.84. The highest BCUT2D eigenvalue weighted by molar-refractivity contribution is 6.60. The van der Waals surface area contributed by atoms with Gasteiger partial charge in [-0.2, -0.15) is 0 Å². The lowest BCUT2D eigenvalue weighted by molar-refractivity contribution is 0.426. The summed E-state index contributed by atoms with van der Waals surface area (Å²) in [6.45, 7) is 2.09. The summed E-state index contributed by atoms with van der Waals surface area (Å²) >= 11 is 0. The molecule has 1 aromatic carbocycles. The summed E-state index contributed by atoms with van der Waals surface area (Å²) in [5.41, 5.74) is 7.58. The average molecular weight is 179 g/mol. The SMILES string of the molecule is CCCc1ccc(B(O)O)c(N)c1. The third-order valence-corrected chi connectivity index (χ3v) is 1.97. The van der Waals surface area contributed by atoms with E-state index in [-0.39, 0.29) is 0 Å². The molecule has 0 saturated carbocycles. The molecule has 0 spiro atoms. The first kappa shape index (κ1) is 10.1. The highest BCUT2D eigenvalue weighted by Crippen LogP contribution is 2.07. The quantitative estimate of drug-likeness (QED) is 0.448. The van der Waals surface area contributed by atoms with E-state index in [0.717, 1.165) is 18.4 Å². The second kappa shape index (κ2) is 4.30. The van der Waals surface area contributed by atoms with Crippen LogP contribution < -0.4 is 11.2 Å². The normalized spacial score (nSPS) is 10.1. The lowest BCUT2D eigenvalue weighted by Gasteiger charge is -2.06. The largest absolute Gasteiger partial charge is 0.490 e. The molecular weight excluding hydrogens is 165 g/mol. The van der Waals surface area contributed by atoms with Gasteiger partial charge in [0.25, 0.3) is 0 Å². The Bertz CT molecular complexity index is 289. The second-order valence-electron chi connectivity index (χ2n) is 3.09. The molecule has 0 bridgehead atoms. The van der Waals surface area contributed by atoms with Crippen molar-refractivity contribution < 1.29 is 10.0 Å². The van der Waals surface area contributed by atoms with Crippen molar-refractivity contribution in [1.29, 1.82) is 0 Å². The van der Waals surface area contributed by atoms with Gasteiger partial charge < -0.3 is 15.8 Å². The van der Waals surface area contributed by atoms with Gasteiger partial charge in [0.05, 0.1) is 0 Å². The lowest BCUT2D eigenvalue weighted by Crippen LogP contribution is -2.32. The molecule has 0 aliphatic carbocycles. The predicted octanol–water partition coefficient (Wildman–Crippen LogP) is -0.0989. The molecular formula is C9H14BNO2. The van der Waals surface area contributed by atoms with Crippen LogP contribution in [0.5, 0.6) is 0 Å². The van der Waals surface area contributed by atoms with Crippen LogP contribution in [0.4, 0.5) is 5.69 Å². The maximum Gasteiger partial charge on any atom is 0.490 e. The molecule has 13 heavy (non-hydrogen) atoms. The summed E-state index contributed by atoms with van der Waals surface area (Å²) < 4.78 is 0. The molecule has 70 valence electrons. The highest BCUT2D eigenvalue weighted by Gasteiger charge is 2.13. The van der Waals surface area contributed by atoms with Crippen molar-refractivity contribution in [2.24, 2.45) is 0 Å². The second-order valence-corrected chi connectivity index (χ2v) is 3.09. The molecule has 0 heterocycles. The average Bonchev–Trinajstić information content (AvgIpc) is 2.04. The van der Waals surface area contributed by atoms with Gasteiger partial charge >= 0.3 is 7.12 Å². The highest BCUT2D eigenvalue weighted by atomic mass is 16.4. The van der Waals surface area contributed by atoms with E-state index >= 15 is 0 Å². The number of hydrogen-bond donors (Lipinski definition) is 3. The smallest absolute Gasteiger partial charge is 0.423 e. The van der Waals surface area contributed by atoms with Crippen molar-refractivity contribution in [3.8, 4) is 0 Å². The van der Waals surface area contributed by atoms with Crippen molar-refractivity contribution >= 4 is 18.3 Å². The van der Waals surface area contributed by atoms with Crippen LogP contribution in [0.15, 0.2) is 18.2 Å². The van der Waals surface area contributed by atoms with Crippen molar-refractivity contribution in [3.63, 3.8) is 0 Å². The van der Waals surface area contributed by atoms with Crippen LogP contribution in [0.2, 0.25) is 0 Å². The van der Waals surface area contributed by atoms with Gasteiger partial charge in [-0.25, -0.2) is 0 Å². The topological polar surface area (TPSA) is 66.5 Å². The van der Waals surface area contributed by atoms with E-state index in [4.69, 9.17) is 15.8 Å². The Morgan fingerprint density at radius 3 is 2.54 bits per heavy atom. The van der Waals surface area contributed by atoms with Crippen LogP contribution in [0, 0.1) is 0 Å². The molecule has 0 aliphatic rings. The number of aryl methyl sites for hydroxylation is 1. The zero-order valence-electron chi connectivity index (χ0n) is 7.70. The van der Waals surface area contributed by atoms with Gasteiger partial charge in [-0.15, -0.1) is 0 Å². The molecule has 1 rings (SSSR count). The summed E-state index contributed by atoms with van der Waals surface area (Å²) in [4.78, 5) is 0. The molecule has 1 aromatic rings. The van der Waals surface area contributed by atoms with E-state index in [2.05, 4.69) is 6.92 Å². The van der Waals surface area contributed by atoms with Crippen LogP contribution in [-0.4, -0.2) is 17.2 Å². The fraction of sp³-hybridized carbons (Fsp3) is 0.333. The molecule has 0 radical (unpaired) electrons. The Balaban J connectivity index is 2.92. The predicted molar refractivity (Wildman–Crippen MR) is 54.7 cm³/mol. The van der Waals surface area contributed by atoms with E-state index < -0.39 is 7.12 Å². The first-order valence-corrected chi connectivity index (χ1v) is 4.39. The van der Waals surface area contributed by atoms with Crippen molar-refractivity contribution in [2.45, 2.75) is 19.8 Å². The molecule has 0 amide bonds. The number of benzene rings is 1. The van der Waals surface area contributed by atoms with Gasteiger partial charge in [-0.05, 0) is 18.1 Å². The Hall–Kier alpha value is -0.995. The van der Waals surface area contributed by atoms with E-state index in [1.165, 1.54) is 0 Å². The van der Waals surface area contributed by atoms with Crippen LogP contribution in [-0.2, 0) is 6.42 Å². The first-order valence-electron chi connectivity index (χ1n) is 4.39. The first-order chi connectivity index (χ1) is 6.15. The van der Waals surface area contributed by atoms with E-state index in [0.29, 0.717) is 11.2 Å². The van der Waals surface area contributed by atoms with Crippen molar-refractivity contribution in [1.82, 2.24) is 0 Å². The fourth-order valence-electron chi connectivity index (χ4n) is 1.30. The molecule has 0 atom stereocenters. The van der Waals surface area contributed by atoms with E-state index in [9.17, 15) is 0 Å². The molecule has 0 saturated heterocycles. The molecule has 0 fully saturated rings. The minimum absolute atomic E-state index is 0.375. The molecule has 0 unspecified atom stereocenters. The molecule has 4 N–H and O–H groups in total. The number of hydrogen-bond acceptors (Lipinski definition) is 3. The molecule has 3 nitrogen and oxygen atoms in total. The zero-order valence-corrected chi connectivity index (χ0v) is 7.70. The Morgan fingerprint density at radius 2 is 2.08 bits per heavy atom. The minimum atomic E-state index is -1.48. The van der Waals surface area contributed by atoms with Crippen LogP contribution in [0.25, 0.3) is 0 Å². The summed E-state index contributed by atoms with van der Waals surface area (Å²) in [6.07, 6.45) is 2.02. The standard InChI is InChI=1S/C9H14BNO2/c1-2-3-7-4-5-8(10(12)13)9(11)6-7/h4-6,12-13H,2-3,11H2,1H3. The van der Waals surface area contributed by atoms with E-state index in [1.807, 2.05) is 6.07 Å².